The first-order valence-electron chi connectivity index (χ1n) is 7.23. The number of benzene rings is 2. The summed E-state index contributed by atoms with van der Waals surface area (Å²) in [7, 11) is 0. The Balaban J connectivity index is 1.68. The van der Waals surface area contributed by atoms with Gasteiger partial charge in [-0.3, -0.25) is 0 Å². The number of rotatable bonds is 3. The van der Waals surface area contributed by atoms with E-state index in [-0.39, 0.29) is 24.1 Å². The lowest BCUT2D eigenvalue weighted by Crippen LogP contribution is -2.31. The van der Waals surface area contributed by atoms with E-state index in [0.29, 0.717) is 11.5 Å². The molecule has 1 aliphatic heterocycles. The molecule has 2 aromatic rings. The van der Waals surface area contributed by atoms with Gasteiger partial charge in [0.15, 0.2) is 11.5 Å². The first-order chi connectivity index (χ1) is 11.6. The molecule has 122 valence electrons. The number of fused-ring (bicyclic) bond motifs is 1. The predicted octanol–water partition coefficient (Wildman–Crippen LogP) is 3.31. The smallest absolute Gasteiger partial charge is 0.319 e. The Morgan fingerprint density at radius 3 is 2.83 bits per heavy atom. The van der Waals surface area contributed by atoms with Gasteiger partial charge in [0.2, 0.25) is 6.79 Å². The zero-order valence-electron chi connectivity index (χ0n) is 12.8. The average Bonchev–Trinajstić information content (AvgIpc) is 3.03. The van der Waals surface area contributed by atoms with Crippen molar-refractivity contribution in [1.82, 2.24) is 5.32 Å². The van der Waals surface area contributed by atoms with Gasteiger partial charge < -0.3 is 20.1 Å². The van der Waals surface area contributed by atoms with Gasteiger partial charge in [0, 0.05) is 0 Å². The van der Waals surface area contributed by atoms with Gasteiger partial charge in [-0.1, -0.05) is 6.07 Å². The maximum Gasteiger partial charge on any atom is 0.319 e. The fourth-order valence-corrected chi connectivity index (χ4v) is 2.34. The SMILES string of the molecule is CC(NC(=O)Nc1ccc(F)cc1C#N)c1ccc2c(c1)OCO2. The first kappa shape index (κ1) is 15.6. The third-order valence-corrected chi connectivity index (χ3v) is 3.59. The van der Waals surface area contributed by atoms with Gasteiger partial charge in [-0.15, -0.1) is 0 Å². The molecule has 6 nitrogen and oxygen atoms in total. The largest absolute Gasteiger partial charge is 0.454 e. The van der Waals surface area contributed by atoms with Crippen LogP contribution in [0.5, 0.6) is 11.5 Å². The summed E-state index contributed by atoms with van der Waals surface area (Å²) in [5.74, 6) is 0.762. The van der Waals surface area contributed by atoms with E-state index in [2.05, 4.69) is 10.6 Å². The van der Waals surface area contributed by atoms with Crippen molar-refractivity contribution in [2.75, 3.05) is 12.1 Å². The summed E-state index contributed by atoms with van der Waals surface area (Å²) in [6.45, 7) is 2.00. The Morgan fingerprint density at radius 2 is 2.04 bits per heavy atom. The maximum atomic E-state index is 13.1. The van der Waals surface area contributed by atoms with Gasteiger partial charge >= 0.3 is 6.03 Å². The van der Waals surface area contributed by atoms with Gasteiger partial charge in [0.1, 0.15) is 11.9 Å². The minimum atomic E-state index is -0.536. The van der Waals surface area contributed by atoms with E-state index in [4.69, 9.17) is 14.7 Å². The highest BCUT2D eigenvalue weighted by atomic mass is 19.1. The van der Waals surface area contributed by atoms with Crippen molar-refractivity contribution < 1.29 is 18.7 Å². The van der Waals surface area contributed by atoms with Gasteiger partial charge in [-0.25, -0.2) is 9.18 Å². The molecule has 2 amide bonds. The number of amides is 2. The number of hydrogen-bond donors (Lipinski definition) is 2. The number of urea groups is 1. The van der Waals surface area contributed by atoms with Crippen molar-refractivity contribution in [3.63, 3.8) is 0 Å². The molecule has 1 heterocycles. The number of anilines is 1. The lowest BCUT2D eigenvalue weighted by atomic mass is 10.1. The molecule has 0 bridgehead atoms. The number of carbonyl (C=O) groups excluding carboxylic acids is 1. The average molecular weight is 327 g/mol. The monoisotopic (exact) mass is 327 g/mol. The van der Waals surface area contributed by atoms with Crippen molar-refractivity contribution in [2.24, 2.45) is 0 Å². The third-order valence-electron chi connectivity index (χ3n) is 3.59. The Morgan fingerprint density at radius 1 is 1.25 bits per heavy atom. The fourth-order valence-electron chi connectivity index (χ4n) is 2.34. The molecule has 1 unspecified atom stereocenters. The van der Waals surface area contributed by atoms with Gasteiger partial charge in [-0.2, -0.15) is 5.26 Å². The van der Waals surface area contributed by atoms with Crippen LogP contribution in [-0.2, 0) is 0 Å². The van der Waals surface area contributed by atoms with Gasteiger partial charge in [0.05, 0.1) is 17.3 Å². The zero-order valence-corrected chi connectivity index (χ0v) is 12.8. The minimum Gasteiger partial charge on any atom is -0.454 e. The van der Waals surface area contributed by atoms with E-state index < -0.39 is 11.8 Å². The summed E-state index contributed by atoms with van der Waals surface area (Å²) in [6.07, 6.45) is 0. The van der Waals surface area contributed by atoms with Crippen LogP contribution in [0.1, 0.15) is 24.1 Å². The van der Waals surface area contributed by atoms with Crippen LogP contribution in [0.15, 0.2) is 36.4 Å². The number of halogens is 1. The molecular formula is C17H14FN3O3. The van der Waals surface area contributed by atoms with Crippen molar-refractivity contribution >= 4 is 11.7 Å². The molecule has 2 aromatic carbocycles. The van der Waals surface area contributed by atoms with Crippen LogP contribution in [0.25, 0.3) is 0 Å². The van der Waals surface area contributed by atoms with E-state index in [1.807, 2.05) is 19.1 Å². The van der Waals surface area contributed by atoms with Crippen LogP contribution in [0.3, 0.4) is 0 Å². The second kappa shape index (κ2) is 6.46. The molecule has 2 N–H and O–H groups in total. The molecule has 1 aliphatic rings. The van der Waals surface area contributed by atoms with Crippen LogP contribution < -0.4 is 20.1 Å². The second-order valence-electron chi connectivity index (χ2n) is 5.23. The number of nitrogens with one attached hydrogen (secondary N) is 2. The maximum absolute atomic E-state index is 13.1. The molecule has 0 saturated heterocycles. The molecule has 0 aromatic heterocycles. The van der Waals surface area contributed by atoms with E-state index in [9.17, 15) is 9.18 Å². The van der Waals surface area contributed by atoms with E-state index in [1.54, 1.807) is 12.1 Å². The molecule has 3 rings (SSSR count). The lowest BCUT2D eigenvalue weighted by molar-refractivity contribution is 0.174. The Bertz CT molecular complexity index is 832. The quantitative estimate of drug-likeness (QED) is 0.906. The van der Waals surface area contributed by atoms with Crippen molar-refractivity contribution in [3.05, 3.63) is 53.3 Å². The zero-order chi connectivity index (χ0) is 17.1. The lowest BCUT2D eigenvalue weighted by Gasteiger charge is -2.16. The highest BCUT2D eigenvalue weighted by Gasteiger charge is 2.17. The minimum absolute atomic E-state index is 0.0564. The first-order valence-corrected chi connectivity index (χ1v) is 7.23. The fraction of sp³-hybridized carbons (Fsp3) is 0.176. The summed E-state index contributed by atoms with van der Waals surface area (Å²) in [4.78, 5) is 12.1. The van der Waals surface area contributed by atoms with E-state index in [1.165, 1.54) is 12.1 Å². The van der Waals surface area contributed by atoms with Crippen LogP contribution >= 0.6 is 0 Å². The van der Waals surface area contributed by atoms with Crippen LogP contribution in [0.2, 0.25) is 0 Å². The summed E-state index contributed by atoms with van der Waals surface area (Å²) >= 11 is 0. The molecule has 0 fully saturated rings. The van der Waals surface area contributed by atoms with Crippen LogP contribution in [-0.4, -0.2) is 12.8 Å². The molecule has 0 radical (unpaired) electrons. The summed E-state index contributed by atoms with van der Waals surface area (Å²) < 4.78 is 23.7. The number of nitriles is 1. The van der Waals surface area contributed by atoms with E-state index >= 15 is 0 Å². The third kappa shape index (κ3) is 3.22. The van der Waals surface area contributed by atoms with Gasteiger partial charge in [0.25, 0.3) is 0 Å². The van der Waals surface area contributed by atoms with E-state index in [0.717, 1.165) is 11.6 Å². The Kier molecular flexibility index (Phi) is 4.20. The molecule has 0 aliphatic carbocycles. The molecule has 24 heavy (non-hydrogen) atoms. The van der Waals surface area contributed by atoms with Crippen LogP contribution in [0.4, 0.5) is 14.9 Å². The highest BCUT2D eigenvalue weighted by molar-refractivity contribution is 5.91. The Hall–Kier alpha value is -3.27. The second-order valence-corrected chi connectivity index (χ2v) is 5.23. The van der Waals surface area contributed by atoms with Gasteiger partial charge in [-0.05, 0) is 42.8 Å². The molecule has 7 heteroatoms. The molecular weight excluding hydrogens is 313 g/mol. The summed E-state index contributed by atoms with van der Waals surface area (Å²) in [6, 6.07) is 10.0. The van der Waals surface area contributed by atoms with Crippen LogP contribution in [0, 0.1) is 17.1 Å². The Labute approximate surface area is 137 Å². The number of ether oxygens (including phenoxy) is 2. The van der Waals surface area contributed by atoms with Crippen molar-refractivity contribution in [1.29, 1.82) is 5.26 Å². The van der Waals surface area contributed by atoms with Crippen molar-refractivity contribution in [3.8, 4) is 17.6 Å². The number of carbonyl (C=O) groups is 1. The number of hydrogen-bond acceptors (Lipinski definition) is 4. The molecule has 0 saturated carbocycles. The highest BCUT2D eigenvalue weighted by Crippen LogP contribution is 2.34. The predicted molar refractivity (Wildman–Crippen MR) is 84.2 cm³/mol. The summed E-state index contributed by atoms with van der Waals surface area (Å²) in [5.41, 5.74) is 1.14. The standard InChI is InChI=1S/C17H14FN3O3/c1-10(11-2-5-15-16(7-11)24-9-23-15)20-17(22)21-14-4-3-13(18)6-12(14)8-19/h2-7,10H,9H2,1H3,(H2,20,21,22). The number of nitrogens with zero attached hydrogens (tertiary/aromatic N) is 1. The molecule has 0 spiro atoms. The normalized spacial score (nSPS) is 13.0. The van der Waals surface area contributed by atoms with Crippen molar-refractivity contribution in [2.45, 2.75) is 13.0 Å². The topological polar surface area (TPSA) is 83.4 Å². The summed E-state index contributed by atoms with van der Waals surface area (Å²) in [5, 5.41) is 14.3. The molecule has 1 atom stereocenters.